The average molecular weight is 323 g/mol. The molecular formula is C12H14ClF3N4O. The van der Waals surface area contributed by atoms with Gasteiger partial charge in [-0.25, -0.2) is 10.8 Å². The van der Waals surface area contributed by atoms with Gasteiger partial charge in [-0.2, -0.15) is 13.2 Å². The van der Waals surface area contributed by atoms with Gasteiger partial charge < -0.3 is 10.3 Å². The predicted octanol–water partition coefficient (Wildman–Crippen LogP) is 2.44. The summed E-state index contributed by atoms with van der Waals surface area (Å²) >= 11 is 5.76. The number of hydrogen-bond acceptors (Lipinski definition) is 4. The number of anilines is 1. The van der Waals surface area contributed by atoms with E-state index < -0.39 is 18.0 Å². The van der Waals surface area contributed by atoms with E-state index in [2.05, 4.69) is 10.4 Å². The van der Waals surface area contributed by atoms with Crippen LogP contribution < -0.4 is 11.3 Å². The normalized spacial score (nSPS) is 19.5. The highest BCUT2D eigenvalue weighted by molar-refractivity contribution is 6.29. The van der Waals surface area contributed by atoms with E-state index in [9.17, 15) is 18.0 Å². The van der Waals surface area contributed by atoms with Crippen LogP contribution in [0.25, 0.3) is 0 Å². The van der Waals surface area contributed by atoms with E-state index in [1.165, 1.54) is 17.0 Å². The fourth-order valence-corrected chi connectivity index (χ4v) is 2.51. The fourth-order valence-electron chi connectivity index (χ4n) is 2.31. The van der Waals surface area contributed by atoms with E-state index in [1.54, 1.807) is 0 Å². The summed E-state index contributed by atoms with van der Waals surface area (Å²) in [6.07, 6.45) is -3.93. The van der Waals surface area contributed by atoms with Gasteiger partial charge in [0.25, 0.3) is 5.91 Å². The number of alkyl halides is 3. The SMILES string of the molecule is NNc1cc(C(=O)N2CCCC(C(F)(F)F)C2)cc(Cl)n1. The molecule has 21 heavy (non-hydrogen) atoms. The van der Waals surface area contributed by atoms with Gasteiger partial charge in [-0.1, -0.05) is 11.6 Å². The lowest BCUT2D eigenvalue weighted by Crippen LogP contribution is -2.44. The zero-order chi connectivity index (χ0) is 15.6. The van der Waals surface area contributed by atoms with Crippen molar-refractivity contribution in [2.24, 2.45) is 11.8 Å². The zero-order valence-corrected chi connectivity index (χ0v) is 11.7. The van der Waals surface area contributed by atoms with Crippen LogP contribution in [-0.2, 0) is 0 Å². The average Bonchev–Trinajstić information content (AvgIpc) is 2.45. The van der Waals surface area contributed by atoms with Gasteiger partial charge in [0.15, 0.2) is 0 Å². The number of carbonyl (C=O) groups is 1. The Morgan fingerprint density at radius 2 is 2.19 bits per heavy atom. The van der Waals surface area contributed by atoms with E-state index in [0.29, 0.717) is 6.42 Å². The number of piperidine rings is 1. The molecule has 0 bridgehead atoms. The lowest BCUT2D eigenvalue weighted by molar-refractivity contribution is -0.184. The maximum atomic E-state index is 12.8. The van der Waals surface area contributed by atoms with Crippen molar-refractivity contribution in [3.05, 3.63) is 22.8 Å². The van der Waals surface area contributed by atoms with E-state index >= 15 is 0 Å². The molecule has 0 spiro atoms. The molecule has 3 N–H and O–H groups in total. The molecule has 116 valence electrons. The first-order valence-electron chi connectivity index (χ1n) is 6.31. The summed E-state index contributed by atoms with van der Waals surface area (Å²) < 4.78 is 38.3. The summed E-state index contributed by atoms with van der Waals surface area (Å²) in [6.45, 7) is -0.0512. The molecular weight excluding hydrogens is 309 g/mol. The Balaban J connectivity index is 2.18. The van der Waals surface area contributed by atoms with Crippen molar-refractivity contribution in [1.29, 1.82) is 0 Å². The summed E-state index contributed by atoms with van der Waals surface area (Å²) in [5.41, 5.74) is 2.41. The molecule has 1 unspecified atom stereocenters. The van der Waals surface area contributed by atoms with Crippen molar-refractivity contribution >= 4 is 23.3 Å². The number of nitrogens with one attached hydrogen (secondary N) is 1. The molecule has 1 fully saturated rings. The highest BCUT2D eigenvalue weighted by atomic mass is 35.5. The monoisotopic (exact) mass is 322 g/mol. The van der Waals surface area contributed by atoms with E-state index in [1.807, 2.05) is 0 Å². The molecule has 1 aliphatic heterocycles. The topological polar surface area (TPSA) is 71.2 Å². The van der Waals surface area contributed by atoms with Gasteiger partial charge in [0.1, 0.15) is 11.0 Å². The van der Waals surface area contributed by atoms with Gasteiger partial charge in [-0.05, 0) is 25.0 Å². The van der Waals surface area contributed by atoms with Crippen LogP contribution in [0.5, 0.6) is 0 Å². The van der Waals surface area contributed by atoms with Crippen molar-refractivity contribution in [1.82, 2.24) is 9.88 Å². The van der Waals surface area contributed by atoms with Crippen LogP contribution in [0.2, 0.25) is 5.15 Å². The molecule has 5 nitrogen and oxygen atoms in total. The van der Waals surface area contributed by atoms with Crippen LogP contribution >= 0.6 is 11.6 Å². The number of aromatic nitrogens is 1. The lowest BCUT2D eigenvalue weighted by atomic mass is 9.97. The molecule has 9 heteroatoms. The molecule has 1 saturated heterocycles. The van der Waals surface area contributed by atoms with Crippen LogP contribution in [0.4, 0.5) is 19.0 Å². The third kappa shape index (κ3) is 3.76. The molecule has 2 rings (SSSR count). The minimum Gasteiger partial charge on any atom is -0.338 e. The standard InChI is InChI=1S/C12H14ClF3N4O/c13-9-4-7(5-10(18-9)19-17)11(21)20-3-1-2-8(6-20)12(14,15)16/h4-5,8H,1-3,6,17H2,(H,18,19). The molecule has 0 aromatic carbocycles. The molecule has 1 aromatic rings. The van der Waals surface area contributed by atoms with Gasteiger partial charge in [0, 0.05) is 18.7 Å². The van der Waals surface area contributed by atoms with Crippen molar-refractivity contribution in [2.75, 3.05) is 18.5 Å². The molecule has 0 aliphatic carbocycles. The van der Waals surface area contributed by atoms with Crippen molar-refractivity contribution in [2.45, 2.75) is 19.0 Å². The Kier molecular flexibility index (Phi) is 4.58. The number of hydrogen-bond donors (Lipinski definition) is 2. The van der Waals surface area contributed by atoms with Gasteiger partial charge in [-0.3, -0.25) is 4.79 Å². The summed E-state index contributed by atoms with van der Waals surface area (Å²) in [5.74, 6) is 3.38. The minimum atomic E-state index is -4.29. The number of nitrogens with zero attached hydrogens (tertiary/aromatic N) is 2. The molecule has 1 atom stereocenters. The molecule has 2 heterocycles. The number of pyridine rings is 1. The number of nitrogens with two attached hydrogens (primary N) is 1. The Bertz CT molecular complexity index is 538. The minimum absolute atomic E-state index is 0.0400. The van der Waals surface area contributed by atoms with Crippen LogP contribution in [0.3, 0.4) is 0 Å². The summed E-state index contributed by atoms with van der Waals surface area (Å²) in [4.78, 5) is 17.3. The Morgan fingerprint density at radius 1 is 1.48 bits per heavy atom. The number of carbonyl (C=O) groups excluding carboxylic acids is 1. The van der Waals surface area contributed by atoms with Gasteiger partial charge in [0.05, 0.1) is 5.92 Å². The first kappa shape index (κ1) is 15.8. The van der Waals surface area contributed by atoms with Crippen molar-refractivity contribution < 1.29 is 18.0 Å². The van der Waals surface area contributed by atoms with E-state index in [-0.39, 0.29) is 36.0 Å². The number of rotatable bonds is 2. The lowest BCUT2D eigenvalue weighted by Gasteiger charge is -2.33. The zero-order valence-electron chi connectivity index (χ0n) is 11.0. The third-order valence-corrected chi connectivity index (χ3v) is 3.55. The number of amides is 1. The van der Waals surface area contributed by atoms with Crippen LogP contribution in [-0.4, -0.2) is 35.1 Å². The maximum absolute atomic E-state index is 12.8. The summed E-state index contributed by atoms with van der Waals surface area (Å²) in [6, 6.07) is 2.66. The molecule has 0 saturated carbocycles. The Morgan fingerprint density at radius 3 is 2.81 bits per heavy atom. The number of nitrogen functional groups attached to an aromatic ring is 1. The smallest absolute Gasteiger partial charge is 0.338 e. The first-order valence-corrected chi connectivity index (χ1v) is 6.69. The van der Waals surface area contributed by atoms with Crippen LogP contribution in [0.15, 0.2) is 12.1 Å². The molecule has 1 amide bonds. The summed E-state index contributed by atoms with van der Waals surface area (Å²) in [5, 5.41) is 0.0400. The van der Waals surface area contributed by atoms with E-state index in [0.717, 1.165) is 0 Å². The molecule has 1 aliphatic rings. The Labute approximate surface area is 124 Å². The van der Waals surface area contributed by atoms with Gasteiger partial charge in [0.2, 0.25) is 0 Å². The molecule has 0 radical (unpaired) electrons. The summed E-state index contributed by atoms with van der Waals surface area (Å²) in [7, 11) is 0. The second-order valence-electron chi connectivity index (χ2n) is 4.84. The van der Waals surface area contributed by atoms with Crippen LogP contribution in [0.1, 0.15) is 23.2 Å². The predicted molar refractivity (Wildman–Crippen MR) is 71.7 cm³/mol. The second-order valence-corrected chi connectivity index (χ2v) is 5.23. The van der Waals surface area contributed by atoms with Crippen molar-refractivity contribution in [3.8, 4) is 0 Å². The van der Waals surface area contributed by atoms with Gasteiger partial charge in [-0.15, -0.1) is 0 Å². The number of halogens is 4. The Hall–Kier alpha value is -1.54. The van der Waals surface area contributed by atoms with Crippen LogP contribution in [0, 0.1) is 5.92 Å². The second kappa shape index (κ2) is 6.07. The van der Waals surface area contributed by atoms with Gasteiger partial charge >= 0.3 is 6.18 Å². The largest absolute Gasteiger partial charge is 0.393 e. The number of hydrazine groups is 1. The van der Waals surface area contributed by atoms with Crippen molar-refractivity contribution in [3.63, 3.8) is 0 Å². The molecule has 1 aromatic heterocycles. The third-order valence-electron chi connectivity index (χ3n) is 3.36. The highest BCUT2D eigenvalue weighted by Crippen LogP contribution is 2.33. The maximum Gasteiger partial charge on any atom is 0.393 e. The number of likely N-dealkylation sites (tertiary alicyclic amines) is 1. The first-order chi connectivity index (χ1) is 9.81. The van der Waals surface area contributed by atoms with E-state index in [4.69, 9.17) is 17.4 Å². The highest BCUT2D eigenvalue weighted by Gasteiger charge is 2.42. The fraction of sp³-hybridized carbons (Fsp3) is 0.500. The quantitative estimate of drug-likeness (QED) is 0.498.